The Kier molecular flexibility index (Phi) is 5.32. The Balaban J connectivity index is 1.76. The summed E-state index contributed by atoms with van der Waals surface area (Å²) < 4.78 is 11.9. The van der Waals surface area contributed by atoms with Gasteiger partial charge in [0.05, 0.1) is 10.7 Å². The molecular weight excluding hydrogens is 358 g/mol. The lowest BCUT2D eigenvalue weighted by Gasteiger charge is -2.07. The first-order chi connectivity index (χ1) is 12.5. The van der Waals surface area contributed by atoms with Crippen molar-refractivity contribution in [2.75, 3.05) is 0 Å². The van der Waals surface area contributed by atoms with E-state index < -0.39 is 5.97 Å². The molecule has 0 aliphatic carbocycles. The molecule has 0 aliphatic heterocycles. The van der Waals surface area contributed by atoms with Crippen LogP contribution in [0.5, 0.6) is 0 Å². The van der Waals surface area contributed by atoms with Crippen LogP contribution in [-0.4, -0.2) is 30.9 Å². The summed E-state index contributed by atoms with van der Waals surface area (Å²) in [4.78, 5) is 20.8. The fraction of sp³-hybridized carbons (Fsp3) is 0.353. The van der Waals surface area contributed by atoms with E-state index in [4.69, 9.17) is 20.9 Å². The quantitative estimate of drug-likeness (QED) is 0.610. The number of hydrogen-bond donors (Lipinski definition) is 0. The largest absolute Gasteiger partial charge is 0.451 e. The first-order valence-electron chi connectivity index (χ1n) is 8.16. The lowest BCUT2D eigenvalue weighted by molar-refractivity contribution is 0.0423. The molecule has 9 heteroatoms. The first-order valence-corrected chi connectivity index (χ1v) is 8.54. The van der Waals surface area contributed by atoms with Crippen LogP contribution in [0.1, 0.15) is 46.9 Å². The van der Waals surface area contributed by atoms with Gasteiger partial charge in [-0.05, 0) is 38.5 Å². The molecule has 0 saturated carbocycles. The van der Waals surface area contributed by atoms with Gasteiger partial charge in [-0.1, -0.05) is 23.7 Å². The fourth-order valence-electron chi connectivity index (χ4n) is 2.42. The Bertz CT molecular complexity index is 934. The lowest BCUT2D eigenvalue weighted by Crippen LogP contribution is -2.11. The zero-order valence-electron chi connectivity index (χ0n) is 14.7. The summed E-state index contributed by atoms with van der Waals surface area (Å²) in [6.07, 6.45) is 1.60. The number of esters is 1. The van der Waals surface area contributed by atoms with E-state index in [1.807, 2.05) is 26.8 Å². The van der Waals surface area contributed by atoms with E-state index in [0.29, 0.717) is 18.1 Å². The molecule has 0 radical (unpaired) electrons. The second kappa shape index (κ2) is 7.65. The molecule has 0 N–H and O–H groups in total. The van der Waals surface area contributed by atoms with Gasteiger partial charge in [0.1, 0.15) is 0 Å². The van der Waals surface area contributed by atoms with Gasteiger partial charge in [-0.2, -0.15) is 10.1 Å². The Hall–Kier alpha value is -2.74. The number of nitrogens with zero attached hydrogens (tertiary/aromatic N) is 5. The molecule has 136 valence electrons. The maximum absolute atomic E-state index is 12.4. The molecule has 0 aromatic carbocycles. The maximum Gasteiger partial charge on any atom is 0.359 e. The summed E-state index contributed by atoms with van der Waals surface area (Å²) in [7, 11) is 0. The Labute approximate surface area is 155 Å². The monoisotopic (exact) mass is 375 g/mol. The molecule has 3 aromatic rings. The summed E-state index contributed by atoms with van der Waals surface area (Å²) in [5, 5.41) is 8.35. The van der Waals surface area contributed by atoms with Gasteiger partial charge in [0.15, 0.2) is 23.9 Å². The molecule has 26 heavy (non-hydrogen) atoms. The summed E-state index contributed by atoms with van der Waals surface area (Å²) >= 11 is 6.11. The average Bonchev–Trinajstić information content (AvgIpc) is 3.19. The van der Waals surface area contributed by atoms with Crippen molar-refractivity contribution in [2.45, 2.75) is 40.2 Å². The minimum absolute atomic E-state index is 0.00465. The van der Waals surface area contributed by atoms with E-state index in [0.717, 1.165) is 17.8 Å². The van der Waals surface area contributed by atoms with Crippen LogP contribution in [0.3, 0.4) is 0 Å². The molecule has 0 unspecified atom stereocenters. The van der Waals surface area contributed by atoms with Crippen LogP contribution >= 0.6 is 11.6 Å². The van der Waals surface area contributed by atoms with E-state index in [1.165, 1.54) is 0 Å². The van der Waals surface area contributed by atoms with Gasteiger partial charge in [0.25, 0.3) is 5.89 Å². The van der Waals surface area contributed by atoms with Gasteiger partial charge in [0.2, 0.25) is 0 Å². The van der Waals surface area contributed by atoms with Crippen LogP contribution < -0.4 is 0 Å². The van der Waals surface area contributed by atoms with E-state index >= 15 is 0 Å². The van der Waals surface area contributed by atoms with Crippen LogP contribution in [0.25, 0.3) is 5.82 Å². The predicted octanol–water partition coefficient (Wildman–Crippen LogP) is 3.23. The molecule has 0 atom stereocenters. The molecule has 0 spiro atoms. The normalized spacial score (nSPS) is 10.9. The average molecular weight is 376 g/mol. The number of rotatable bonds is 6. The smallest absolute Gasteiger partial charge is 0.359 e. The predicted molar refractivity (Wildman–Crippen MR) is 93.3 cm³/mol. The molecule has 0 amide bonds. The topological polar surface area (TPSA) is 95.9 Å². The van der Waals surface area contributed by atoms with Crippen molar-refractivity contribution in [3.63, 3.8) is 0 Å². The summed E-state index contributed by atoms with van der Waals surface area (Å²) in [5.74, 6) is 0.623. The molecule has 3 heterocycles. The van der Waals surface area contributed by atoms with Gasteiger partial charge >= 0.3 is 5.97 Å². The highest BCUT2D eigenvalue weighted by atomic mass is 35.5. The van der Waals surface area contributed by atoms with Crippen molar-refractivity contribution in [3.8, 4) is 5.82 Å². The van der Waals surface area contributed by atoms with Gasteiger partial charge in [-0.3, -0.25) is 0 Å². The first kappa shape index (κ1) is 18.1. The zero-order chi connectivity index (χ0) is 18.7. The molecule has 0 aliphatic rings. The number of aryl methyl sites for hydroxylation is 3. The van der Waals surface area contributed by atoms with Gasteiger partial charge in [0, 0.05) is 12.1 Å². The summed E-state index contributed by atoms with van der Waals surface area (Å²) in [5.41, 5.74) is 1.75. The molecule has 0 fully saturated rings. The van der Waals surface area contributed by atoms with Gasteiger partial charge in [-0.25, -0.2) is 14.5 Å². The van der Waals surface area contributed by atoms with Crippen LogP contribution in [0.2, 0.25) is 5.02 Å². The van der Waals surface area contributed by atoms with Crippen LogP contribution in [0, 0.1) is 13.8 Å². The Morgan fingerprint density at radius 1 is 1.31 bits per heavy atom. The lowest BCUT2D eigenvalue weighted by atomic mass is 10.3. The van der Waals surface area contributed by atoms with Gasteiger partial charge in [-0.15, -0.1) is 0 Å². The van der Waals surface area contributed by atoms with Crippen LogP contribution in [0.15, 0.2) is 22.7 Å². The van der Waals surface area contributed by atoms with Gasteiger partial charge < -0.3 is 9.26 Å². The number of hydrogen-bond acceptors (Lipinski definition) is 7. The van der Waals surface area contributed by atoms with Crippen LogP contribution in [0.4, 0.5) is 0 Å². The van der Waals surface area contributed by atoms with E-state index in [9.17, 15) is 4.79 Å². The van der Waals surface area contributed by atoms with E-state index in [-0.39, 0.29) is 23.2 Å². The number of pyridine rings is 1. The Morgan fingerprint density at radius 3 is 2.81 bits per heavy atom. The van der Waals surface area contributed by atoms with Crippen molar-refractivity contribution in [1.29, 1.82) is 0 Å². The number of halogens is 1. The maximum atomic E-state index is 12.4. The highest BCUT2D eigenvalue weighted by Crippen LogP contribution is 2.19. The molecule has 3 aromatic heterocycles. The molecule has 0 bridgehead atoms. The number of aromatic nitrogens is 5. The third-order valence-electron chi connectivity index (χ3n) is 3.56. The summed E-state index contributed by atoms with van der Waals surface area (Å²) in [6, 6.07) is 5.19. The second-order valence-corrected chi connectivity index (χ2v) is 6.18. The minimum Gasteiger partial charge on any atom is -0.451 e. The SMILES string of the molecule is CCCc1noc(COC(=O)c2nc(-n3nc(C)cc3C)ccc2Cl)n1. The van der Waals surface area contributed by atoms with Crippen molar-refractivity contribution < 1.29 is 14.1 Å². The highest BCUT2D eigenvalue weighted by molar-refractivity contribution is 6.33. The van der Waals surface area contributed by atoms with Crippen molar-refractivity contribution in [1.82, 2.24) is 24.9 Å². The Morgan fingerprint density at radius 2 is 2.12 bits per heavy atom. The molecule has 3 rings (SSSR count). The highest BCUT2D eigenvalue weighted by Gasteiger charge is 2.18. The second-order valence-electron chi connectivity index (χ2n) is 5.77. The third kappa shape index (κ3) is 3.91. The van der Waals surface area contributed by atoms with Crippen molar-refractivity contribution in [3.05, 3.63) is 52.0 Å². The van der Waals surface area contributed by atoms with Crippen molar-refractivity contribution in [2.24, 2.45) is 0 Å². The molecule has 0 saturated heterocycles. The molecule has 8 nitrogen and oxygen atoms in total. The fourth-order valence-corrected chi connectivity index (χ4v) is 2.61. The number of carbonyl (C=O) groups excluding carboxylic acids is 1. The summed E-state index contributed by atoms with van der Waals surface area (Å²) in [6.45, 7) is 5.65. The van der Waals surface area contributed by atoms with Crippen molar-refractivity contribution >= 4 is 17.6 Å². The van der Waals surface area contributed by atoms with Crippen LogP contribution in [-0.2, 0) is 17.8 Å². The van der Waals surface area contributed by atoms with E-state index in [2.05, 4.69) is 20.2 Å². The standard InChI is InChI=1S/C17H18ClN5O3/c1-4-5-13-19-15(26-22-13)9-25-17(24)16-12(18)6-7-14(20-16)23-11(3)8-10(2)21-23/h6-8H,4-5,9H2,1-3H3. The molecular formula is C17H18ClN5O3. The van der Waals surface area contributed by atoms with E-state index in [1.54, 1.807) is 16.8 Å². The third-order valence-corrected chi connectivity index (χ3v) is 3.87. The minimum atomic E-state index is -0.673. The number of carbonyl (C=O) groups is 1. The zero-order valence-corrected chi connectivity index (χ0v) is 15.4. The number of ether oxygens (including phenoxy) is 1.